The van der Waals surface area contributed by atoms with Crippen LogP contribution in [0.5, 0.6) is 5.75 Å². The SMILES string of the molecule is CCCC[C@H](c1ccc(OC)cc1C)[C@@H](C)OS(=O)(=O)c1ccc(C)cc1. The van der Waals surface area contributed by atoms with Gasteiger partial charge in [-0.25, -0.2) is 0 Å². The van der Waals surface area contributed by atoms with E-state index < -0.39 is 16.2 Å². The predicted molar refractivity (Wildman–Crippen MR) is 109 cm³/mol. The highest BCUT2D eigenvalue weighted by Gasteiger charge is 2.27. The summed E-state index contributed by atoms with van der Waals surface area (Å²) in [4.78, 5) is 0.195. The first kappa shape index (κ1) is 21.5. The third kappa shape index (κ3) is 5.56. The topological polar surface area (TPSA) is 52.6 Å². The van der Waals surface area contributed by atoms with Crippen LogP contribution in [0.1, 0.15) is 55.7 Å². The molecule has 2 aromatic carbocycles. The molecule has 0 heterocycles. The van der Waals surface area contributed by atoms with E-state index in [1.807, 2.05) is 39.0 Å². The average Bonchev–Trinajstić information content (AvgIpc) is 2.63. The molecule has 0 spiro atoms. The predicted octanol–water partition coefficient (Wildman–Crippen LogP) is 5.38. The van der Waals surface area contributed by atoms with Gasteiger partial charge >= 0.3 is 0 Å². The van der Waals surface area contributed by atoms with Crippen LogP contribution in [-0.2, 0) is 14.3 Å². The van der Waals surface area contributed by atoms with E-state index in [4.69, 9.17) is 8.92 Å². The number of ether oxygens (including phenoxy) is 1. The molecule has 0 fully saturated rings. The fraction of sp³-hybridized carbons (Fsp3) is 0.455. The highest BCUT2D eigenvalue weighted by molar-refractivity contribution is 7.86. The second-order valence-electron chi connectivity index (χ2n) is 7.04. The van der Waals surface area contributed by atoms with E-state index in [2.05, 4.69) is 6.92 Å². The largest absolute Gasteiger partial charge is 0.497 e. The summed E-state index contributed by atoms with van der Waals surface area (Å²) in [6.07, 6.45) is 2.46. The first-order valence-electron chi connectivity index (χ1n) is 9.43. The van der Waals surface area contributed by atoms with Gasteiger partial charge < -0.3 is 4.74 Å². The maximum Gasteiger partial charge on any atom is 0.297 e. The highest BCUT2D eigenvalue weighted by Crippen LogP contribution is 2.33. The molecule has 0 N–H and O–H groups in total. The third-order valence-corrected chi connectivity index (χ3v) is 6.31. The maximum atomic E-state index is 12.7. The van der Waals surface area contributed by atoms with Crippen LogP contribution in [0.25, 0.3) is 0 Å². The molecule has 2 rings (SSSR count). The van der Waals surface area contributed by atoms with Crippen LogP contribution in [0.15, 0.2) is 47.4 Å². The molecule has 0 saturated heterocycles. The van der Waals surface area contributed by atoms with Crippen molar-refractivity contribution in [1.29, 1.82) is 0 Å². The summed E-state index contributed by atoms with van der Waals surface area (Å²) < 4.78 is 36.3. The summed E-state index contributed by atoms with van der Waals surface area (Å²) >= 11 is 0. The van der Waals surface area contributed by atoms with Crippen molar-refractivity contribution in [2.45, 2.75) is 63.9 Å². The third-order valence-electron chi connectivity index (χ3n) is 4.90. The summed E-state index contributed by atoms with van der Waals surface area (Å²) in [5.41, 5.74) is 3.20. The Hall–Kier alpha value is -1.85. The van der Waals surface area contributed by atoms with Crippen molar-refractivity contribution in [3.8, 4) is 5.75 Å². The van der Waals surface area contributed by atoms with Crippen LogP contribution in [0.4, 0.5) is 0 Å². The Morgan fingerprint density at radius 3 is 2.26 bits per heavy atom. The Bertz CT molecular complexity index is 841. The van der Waals surface area contributed by atoms with Crippen molar-refractivity contribution >= 4 is 10.1 Å². The molecule has 0 aliphatic carbocycles. The fourth-order valence-electron chi connectivity index (χ4n) is 3.29. The Balaban J connectivity index is 2.29. The fourth-order valence-corrected chi connectivity index (χ4v) is 4.40. The van der Waals surface area contributed by atoms with Crippen molar-refractivity contribution in [3.05, 3.63) is 59.2 Å². The molecule has 0 bridgehead atoms. The molecule has 0 aliphatic rings. The zero-order valence-corrected chi connectivity index (χ0v) is 17.7. The smallest absolute Gasteiger partial charge is 0.297 e. The molecule has 148 valence electrons. The number of hydrogen-bond acceptors (Lipinski definition) is 4. The van der Waals surface area contributed by atoms with Crippen LogP contribution >= 0.6 is 0 Å². The lowest BCUT2D eigenvalue weighted by molar-refractivity contribution is 0.188. The summed E-state index contributed by atoms with van der Waals surface area (Å²) in [6.45, 7) is 7.92. The first-order chi connectivity index (χ1) is 12.8. The number of aryl methyl sites for hydroxylation is 2. The maximum absolute atomic E-state index is 12.7. The number of methoxy groups -OCH3 is 1. The van der Waals surface area contributed by atoms with E-state index >= 15 is 0 Å². The molecule has 0 aromatic heterocycles. The molecule has 0 amide bonds. The molecule has 2 aromatic rings. The van der Waals surface area contributed by atoms with Gasteiger partial charge in [0.05, 0.1) is 18.1 Å². The Kier molecular flexibility index (Phi) is 7.45. The first-order valence-corrected chi connectivity index (χ1v) is 10.8. The van der Waals surface area contributed by atoms with Crippen molar-refractivity contribution < 1.29 is 17.3 Å². The van der Waals surface area contributed by atoms with Gasteiger partial charge in [-0.3, -0.25) is 4.18 Å². The van der Waals surface area contributed by atoms with Gasteiger partial charge in [0, 0.05) is 5.92 Å². The summed E-state index contributed by atoms with van der Waals surface area (Å²) in [6, 6.07) is 12.7. The van der Waals surface area contributed by atoms with Gasteiger partial charge in [-0.2, -0.15) is 8.42 Å². The van der Waals surface area contributed by atoms with Gasteiger partial charge in [-0.05, 0) is 62.6 Å². The molecule has 4 nitrogen and oxygen atoms in total. The Morgan fingerprint density at radius 1 is 1.04 bits per heavy atom. The van der Waals surface area contributed by atoms with Gasteiger partial charge in [-0.1, -0.05) is 43.5 Å². The summed E-state index contributed by atoms with van der Waals surface area (Å²) in [5.74, 6) is 0.794. The number of benzene rings is 2. The standard InChI is InChI=1S/C22H30O4S/c1-6-7-8-22(21-14-11-19(25-5)15-17(21)3)18(4)26-27(23,24)20-12-9-16(2)10-13-20/h9-15,18,22H,6-8H2,1-5H3/t18-,22+/m1/s1. The highest BCUT2D eigenvalue weighted by atomic mass is 32.2. The van der Waals surface area contributed by atoms with Gasteiger partial charge in [0.15, 0.2) is 0 Å². The van der Waals surface area contributed by atoms with E-state index in [-0.39, 0.29) is 10.8 Å². The van der Waals surface area contributed by atoms with E-state index in [1.165, 1.54) is 0 Å². The Morgan fingerprint density at radius 2 is 1.70 bits per heavy atom. The molecular weight excluding hydrogens is 360 g/mol. The summed E-state index contributed by atoms with van der Waals surface area (Å²) in [5, 5.41) is 0. The zero-order valence-electron chi connectivity index (χ0n) is 16.9. The molecule has 0 radical (unpaired) electrons. The number of hydrogen-bond donors (Lipinski definition) is 0. The monoisotopic (exact) mass is 390 g/mol. The molecule has 2 atom stereocenters. The van der Waals surface area contributed by atoms with Crippen molar-refractivity contribution in [2.24, 2.45) is 0 Å². The van der Waals surface area contributed by atoms with Crippen LogP contribution < -0.4 is 4.74 Å². The van der Waals surface area contributed by atoms with Crippen LogP contribution in [-0.4, -0.2) is 21.6 Å². The average molecular weight is 391 g/mol. The molecular formula is C22H30O4S. The molecule has 27 heavy (non-hydrogen) atoms. The van der Waals surface area contributed by atoms with E-state index in [0.29, 0.717) is 0 Å². The van der Waals surface area contributed by atoms with E-state index in [0.717, 1.165) is 41.7 Å². The van der Waals surface area contributed by atoms with Crippen molar-refractivity contribution in [3.63, 3.8) is 0 Å². The van der Waals surface area contributed by atoms with Gasteiger partial charge in [-0.15, -0.1) is 0 Å². The normalized spacial score (nSPS) is 14.0. The minimum Gasteiger partial charge on any atom is -0.497 e. The zero-order chi connectivity index (χ0) is 20.0. The second-order valence-corrected chi connectivity index (χ2v) is 8.61. The van der Waals surface area contributed by atoms with Crippen LogP contribution in [0, 0.1) is 13.8 Å². The Labute approximate surface area is 163 Å². The lowest BCUT2D eigenvalue weighted by Gasteiger charge is -2.26. The lowest BCUT2D eigenvalue weighted by Crippen LogP contribution is -2.24. The summed E-state index contributed by atoms with van der Waals surface area (Å²) in [7, 11) is -2.16. The molecule has 0 unspecified atom stereocenters. The minimum atomic E-state index is -3.80. The van der Waals surface area contributed by atoms with E-state index in [1.54, 1.807) is 31.4 Å². The van der Waals surface area contributed by atoms with Crippen LogP contribution in [0.3, 0.4) is 0 Å². The van der Waals surface area contributed by atoms with Gasteiger partial charge in [0.2, 0.25) is 0 Å². The van der Waals surface area contributed by atoms with Crippen molar-refractivity contribution in [1.82, 2.24) is 0 Å². The minimum absolute atomic E-state index is 0.00363. The lowest BCUT2D eigenvalue weighted by atomic mass is 9.86. The van der Waals surface area contributed by atoms with E-state index in [9.17, 15) is 8.42 Å². The van der Waals surface area contributed by atoms with Crippen LogP contribution in [0.2, 0.25) is 0 Å². The van der Waals surface area contributed by atoms with Gasteiger partial charge in [0.25, 0.3) is 10.1 Å². The molecule has 0 saturated carbocycles. The molecule has 5 heteroatoms. The number of rotatable bonds is 9. The quantitative estimate of drug-likeness (QED) is 0.539. The second kappa shape index (κ2) is 9.38. The molecule has 0 aliphatic heterocycles. The van der Waals surface area contributed by atoms with Gasteiger partial charge in [0.1, 0.15) is 5.75 Å². The van der Waals surface area contributed by atoms with Crippen molar-refractivity contribution in [2.75, 3.05) is 7.11 Å². The number of unbranched alkanes of at least 4 members (excludes halogenated alkanes) is 1.